The number of ether oxygens (including phenoxy) is 1. The first-order valence-electron chi connectivity index (χ1n) is 6.60. The van der Waals surface area contributed by atoms with E-state index >= 15 is 0 Å². The van der Waals surface area contributed by atoms with Crippen LogP contribution in [0.15, 0.2) is 12.7 Å². The molecule has 1 aliphatic heterocycles. The topological polar surface area (TPSA) is 143 Å². The highest BCUT2D eigenvalue weighted by Gasteiger charge is 2.44. The lowest BCUT2D eigenvalue weighted by Crippen LogP contribution is -2.33. The Kier molecular flexibility index (Phi) is 3.74. The number of aliphatic hydroxyl groups is 3. The average molecular weight is 309 g/mol. The van der Waals surface area contributed by atoms with Gasteiger partial charge in [0.15, 0.2) is 23.2 Å². The number of hydrogen-bond acceptors (Lipinski definition) is 8. The number of imidazole rings is 1. The normalized spacial score (nSPS) is 28.2. The van der Waals surface area contributed by atoms with Gasteiger partial charge in [-0.25, -0.2) is 15.0 Å². The van der Waals surface area contributed by atoms with Crippen molar-refractivity contribution < 1.29 is 24.9 Å². The van der Waals surface area contributed by atoms with E-state index in [1.807, 2.05) is 0 Å². The second kappa shape index (κ2) is 5.57. The number of amides is 1. The monoisotopic (exact) mass is 309 g/mol. The molecule has 10 heteroatoms. The Morgan fingerprint density at radius 2 is 2.14 bits per heavy atom. The maximum atomic E-state index is 11.2. The van der Waals surface area contributed by atoms with E-state index in [0.717, 1.165) is 0 Å². The molecule has 3 heterocycles. The van der Waals surface area contributed by atoms with Crippen molar-refractivity contribution in [2.24, 2.45) is 0 Å². The molecule has 2 aromatic rings. The smallest absolute Gasteiger partial charge is 0.222 e. The third-order valence-electron chi connectivity index (χ3n) is 3.44. The molecule has 1 fully saturated rings. The van der Waals surface area contributed by atoms with Crippen molar-refractivity contribution in [3.63, 3.8) is 0 Å². The predicted octanol–water partition coefficient (Wildman–Crippen LogP) is -1.60. The van der Waals surface area contributed by atoms with E-state index in [1.54, 1.807) is 0 Å². The van der Waals surface area contributed by atoms with Gasteiger partial charge in [0.1, 0.15) is 24.6 Å². The zero-order valence-electron chi connectivity index (χ0n) is 11.6. The fourth-order valence-corrected chi connectivity index (χ4v) is 2.41. The molecular formula is C12H15N5O5. The van der Waals surface area contributed by atoms with Crippen LogP contribution < -0.4 is 5.32 Å². The molecular weight excluding hydrogens is 294 g/mol. The van der Waals surface area contributed by atoms with E-state index in [9.17, 15) is 15.0 Å². The number of rotatable bonds is 3. The molecule has 0 saturated carbocycles. The molecule has 1 aliphatic rings. The van der Waals surface area contributed by atoms with Gasteiger partial charge >= 0.3 is 0 Å². The fourth-order valence-electron chi connectivity index (χ4n) is 2.41. The maximum absolute atomic E-state index is 11.2. The standard InChI is InChI=1S/C12H15N5O5/c1-5(19)16-10-7-11(14-3-13-10)17(4-15-7)12-9(21)8(20)6(2-18)22-12/h3-4,6,8-9,12,18,20-21H,2H2,1H3,(H,13,14,16,19)/t6-,8?,9+,12-/m1/s1. The highest BCUT2D eigenvalue weighted by molar-refractivity contribution is 5.95. The summed E-state index contributed by atoms with van der Waals surface area (Å²) in [5.41, 5.74) is 0.657. The summed E-state index contributed by atoms with van der Waals surface area (Å²) in [6, 6.07) is 0. The van der Waals surface area contributed by atoms with E-state index in [4.69, 9.17) is 9.84 Å². The van der Waals surface area contributed by atoms with Crippen LogP contribution in [0.4, 0.5) is 5.82 Å². The maximum Gasteiger partial charge on any atom is 0.222 e. The van der Waals surface area contributed by atoms with Gasteiger partial charge in [0.25, 0.3) is 0 Å². The Morgan fingerprint density at radius 3 is 2.77 bits per heavy atom. The largest absolute Gasteiger partial charge is 0.394 e. The van der Waals surface area contributed by atoms with Crippen LogP contribution in [0.2, 0.25) is 0 Å². The fraction of sp³-hybridized carbons (Fsp3) is 0.500. The molecule has 118 valence electrons. The third kappa shape index (κ3) is 2.31. The molecule has 10 nitrogen and oxygen atoms in total. The number of nitrogens with one attached hydrogen (secondary N) is 1. The van der Waals surface area contributed by atoms with Crippen LogP contribution in [0.3, 0.4) is 0 Å². The molecule has 0 radical (unpaired) electrons. The van der Waals surface area contributed by atoms with Crippen LogP contribution in [-0.4, -0.2) is 65.7 Å². The molecule has 0 aromatic carbocycles. The van der Waals surface area contributed by atoms with Gasteiger partial charge in [0.2, 0.25) is 5.91 Å². The van der Waals surface area contributed by atoms with Gasteiger partial charge in [-0.2, -0.15) is 0 Å². The van der Waals surface area contributed by atoms with Crippen molar-refractivity contribution >= 4 is 22.9 Å². The summed E-state index contributed by atoms with van der Waals surface area (Å²) in [5.74, 6) is -0.0644. The molecule has 0 aliphatic carbocycles. The van der Waals surface area contributed by atoms with Gasteiger partial charge in [-0.05, 0) is 0 Å². The highest BCUT2D eigenvalue weighted by atomic mass is 16.6. The van der Waals surface area contributed by atoms with E-state index in [-0.39, 0.29) is 11.7 Å². The first-order valence-corrected chi connectivity index (χ1v) is 6.60. The second-order valence-corrected chi connectivity index (χ2v) is 4.96. The Hall–Kier alpha value is -2.14. The van der Waals surface area contributed by atoms with Crippen molar-refractivity contribution in [3.05, 3.63) is 12.7 Å². The predicted molar refractivity (Wildman–Crippen MR) is 72.6 cm³/mol. The zero-order chi connectivity index (χ0) is 15.9. The Labute approximate surface area is 124 Å². The minimum atomic E-state index is -1.24. The minimum Gasteiger partial charge on any atom is -0.394 e. The third-order valence-corrected chi connectivity index (χ3v) is 3.44. The van der Waals surface area contributed by atoms with E-state index in [1.165, 1.54) is 24.1 Å². The molecule has 1 saturated heterocycles. The molecule has 1 amide bonds. The van der Waals surface area contributed by atoms with E-state index in [0.29, 0.717) is 11.2 Å². The first-order chi connectivity index (χ1) is 10.5. The lowest BCUT2D eigenvalue weighted by atomic mass is 10.1. The molecule has 4 N–H and O–H groups in total. The van der Waals surface area contributed by atoms with Crippen molar-refractivity contribution in [3.8, 4) is 0 Å². The first kappa shape index (κ1) is 14.8. The Morgan fingerprint density at radius 1 is 1.36 bits per heavy atom. The summed E-state index contributed by atoms with van der Waals surface area (Å²) in [4.78, 5) is 23.3. The quantitative estimate of drug-likeness (QED) is 0.530. The van der Waals surface area contributed by atoms with Gasteiger partial charge in [0.05, 0.1) is 12.9 Å². The van der Waals surface area contributed by atoms with Crippen molar-refractivity contribution in [1.29, 1.82) is 0 Å². The molecule has 3 rings (SSSR count). The zero-order valence-corrected chi connectivity index (χ0v) is 11.6. The summed E-state index contributed by atoms with van der Waals surface area (Å²) in [5, 5.41) is 31.5. The van der Waals surface area contributed by atoms with Crippen molar-refractivity contribution in [2.45, 2.75) is 31.5 Å². The molecule has 22 heavy (non-hydrogen) atoms. The number of aliphatic hydroxyl groups excluding tert-OH is 3. The summed E-state index contributed by atoms with van der Waals surface area (Å²) in [7, 11) is 0. The molecule has 0 bridgehead atoms. The summed E-state index contributed by atoms with van der Waals surface area (Å²) >= 11 is 0. The lowest BCUT2D eigenvalue weighted by Gasteiger charge is -2.16. The van der Waals surface area contributed by atoms with Crippen LogP contribution >= 0.6 is 0 Å². The number of nitrogens with zero attached hydrogens (tertiary/aromatic N) is 4. The van der Waals surface area contributed by atoms with Crippen LogP contribution in [0.25, 0.3) is 11.2 Å². The average Bonchev–Trinajstić information content (AvgIpc) is 3.02. The minimum absolute atomic E-state index is 0.239. The summed E-state index contributed by atoms with van der Waals surface area (Å²) in [6.45, 7) is 0.921. The van der Waals surface area contributed by atoms with Gasteiger partial charge in [0, 0.05) is 6.92 Å². The summed E-state index contributed by atoms with van der Waals surface area (Å²) in [6.07, 6.45) is -1.69. The number of anilines is 1. The van der Waals surface area contributed by atoms with Crippen LogP contribution in [0, 0.1) is 0 Å². The van der Waals surface area contributed by atoms with Gasteiger partial charge in [-0.15, -0.1) is 0 Å². The number of fused-ring (bicyclic) bond motifs is 1. The van der Waals surface area contributed by atoms with E-state index < -0.39 is 31.1 Å². The van der Waals surface area contributed by atoms with Crippen molar-refractivity contribution in [1.82, 2.24) is 19.5 Å². The van der Waals surface area contributed by atoms with Gasteiger partial charge < -0.3 is 25.4 Å². The number of aromatic nitrogens is 4. The number of carbonyl (C=O) groups excluding carboxylic acids is 1. The van der Waals surface area contributed by atoms with Crippen LogP contribution in [0.1, 0.15) is 13.2 Å². The number of hydrogen-bond donors (Lipinski definition) is 4. The van der Waals surface area contributed by atoms with Crippen LogP contribution in [-0.2, 0) is 9.53 Å². The van der Waals surface area contributed by atoms with Crippen LogP contribution in [0.5, 0.6) is 0 Å². The Bertz CT molecular complexity index is 704. The van der Waals surface area contributed by atoms with Gasteiger partial charge in [-0.1, -0.05) is 0 Å². The molecule has 0 spiro atoms. The lowest BCUT2D eigenvalue weighted by molar-refractivity contribution is -0.114. The molecule has 2 aromatic heterocycles. The van der Waals surface area contributed by atoms with Gasteiger partial charge in [-0.3, -0.25) is 9.36 Å². The molecule has 4 atom stereocenters. The highest BCUT2D eigenvalue weighted by Crippen LogP contribution is 2.31. The molecule has 1 unspecified atom stereocenters. The van der Waals surface area contributed by atoms with Crippen molar-refractivity contribution in [2.75, 3.05) is 11.9 Å². The summed E-state index contributed by atoms with van der Waals surface area (Å²) < 4.78 is 6.86. The Balaban J connectivity index is 2.01. The number of carbonyl (C=O) groups is 1. The van der Waals surface area contributed by atoms with E-state index in [2.05, 4.69) is 20.3 Å². The second-order valence-electron chi connectivity index (χ2n) is 4.96. The SMILES string of the molecule is CC(=O)Nc1ncnc2c1ncn2[C@@H]1O[C@H](CO)C(O)[C@@H]1O.